The van der Waals surface area contributed by atoms with Gasteiger partial charge in [0.2, 0.25) is 5.91 Å². The van der Waals surface area contributed by atoms with Gasteiger partial charge in [0.15, 0.2) is 0 Å². The molecule has 4 heteroatoms. The van der Waals surface area contributed by atoms with Gasteiger partial charge in [-0.15, -0.1) is 0 Å². The van der Waals surface area contributed by atoms with E-state index in [9.17, 15) is 4.79 Å². The SMILES string of the molecule is O=C(NCCNCc1cccc2c1NCC2)C1CC1. The van der Waals surface area contributed by atoms with Crippen LogP contribution in [0, 0.1) is 5.92 Å². The van der Waals surface area contributed by atoms with Crippen molar-refractivity contribution in [3.63, 3.8) is 0 Å². The summed E-state index contributed by atoms with van der Waals surface area (Å²) in [5.41, 5.74) is 4.04. The van der Waals surface area contributed by atoms with Gasteiger partial charge in [0, 0.05) is 37.8 Å². The van der Waals surface area contributed by atoms with E-state index in [1.165, 1.54) is 16.8 Å². The maximum atomic E-state index is 11.4. The molecule has 1 aliphatic carbocycles. The molecule has 0 atom stereocenters. The number of para-hydroxylation sites is 1. The van der Waals surface area contributed by atoms with E-state index in [0.29, 0.717) is 5.92 Å². The highest BCUT2D eigenvalue weighted by Crippen LogP contribution is 2.28. The van der Waals surface area contributed by atoms with Crippen molar-refractivity contribution in [1.29, 1.82) is 0 Å². The quantitative estimate of drug-likeness (QED) is 0.674. The molecule has 1 aromatic carbocycles. The summed E-state index contributed by atoms with van der Waals surface area (Å²) in [4.78, 5) is 11.4. The van der Waals surface area contributed by atoms with Crippen LogP contribution in [0.1, 0.15) is 24.0 Å². The summed E-state index contributed by atoms with van der Waals surface area (Å²) in [6.07, 6.45) is 3.27. The van der Waals surface area contributed by atoms with Gasteiger partial charge in [-0.1, -0.05) is 18.2 Å². The number of carbonyl (C=O) groups excluding carboxylic acids is 1. The van der Waals surface area contributed by atoms with Gasteiger partial charge in [-0.3, -0.25) is 4.79 Å². The van der Waals surface area contributed by atoms with Gasteiger partial charge in [0.05, 0.1) is 0 Å². The van der Waals surface area contributed by atoms with E-state index >= 15 is 0 Å². The maximum Gasteiger partial charge on any atom is 0.223 e. The van der Waals surface area contributed by atoms with Crippen molar-refractivity contribution in [2.24, 2.45) is 5.92 Å². The number of hydrogen-bond acceptors (Lipinski definition) is 3. The van der Waals surface area contributed by atoms with Gasteiger partial charge in [-0.25, -0.2) is 0 Å². The smallest absolute Gasteiger partial charge is 0.223 e. The fourth-order valence-electron chi connectivity index (χ4n) is 2.55. The summed E-state index contributed by atoms with van der Waals surface area (Å²) in [7, 11) is 0. The van der Waals surface area contributed by atoms with Crippen molar-refractivity contribution >= 4 is 11.6 Å². The Hall–Kier alpha value is -1.55. The zero-order valence-electron chi connectivity index (χ0n) is 11.2. The topological polar surface area (TPSA) is 53.2 Å². The molecule has 0 radical (unpaired) electrons. The van der Waals surface area contributed by atoms with Crippen LogP contribution in [0.3, 0.4) is 0 Å². The average molecular weight is 259 g/mol. The summed E-state index contributed by atoms with van der Waals surface area (Å²) in [5, 5.41) is 9.80. The molecular formula is C15H21N3O. The van der Waals surface area contributed by atoms with Crippen LogP contribution < -0.4 is 16.0 Å². The molecule has 3 N–H and O–H groups in total. The summed E-state index contributed by atoms with van der Waals surface area (Å²) >= 11 is 0. The lowest BCUT2D eigenvalue weighted by Gasteiger charge is -2.10. The molecule has 1 saturated carbocycles. The molecule has 19 heavy (non-hydrogen) atoms. The average Bonchev–Trinajstić information content (AvgIpc) is 3.16. The van der Waals surface area contributed by atoms with Gasteiger partial charge < -0.3 is 16.0 Å². The highest BCUT2D eigenvalue weighted by atomic mass is 16.2. The molecule has 1 fully saturated rings. The summed E-state index contributed by atoms with van der Waals surface area (Å²) < 4.78 is 0. The molecule has 0 unspecified atom stereocenters. The minimum absolute atomic E-state index is 0.226. The van der Waals surface area contributed by atoms with Crippen molar-refractivity contribution in [1.82, 2.24) is 10.6 Å². The van der Waals surface area contributed by atoms with E-state index in [0.717, 1.165) is 45.4 Å². The van der Waals surface area contributed by atoms with Gasteiger partial charge in [-0.2, -0.15) is 0 Å². The van der Waals surface area contributed by atoms with E-state index in [1.54, 1.807) is 0 Å². The summed E-state index contributed by atoms with van der Waals surface area (Å²) in [5.74, 6) is 0.533. The van der Waals surface area contributed by atoms with Crippen molar-refractivity contribution < 1.29 is 4.79 Å². The molecule has 0 aromatic heterocycles. The van der Waals surface area contributed by atoms with Crippen LogP contribution in [0.25, 0.3) is 0 Å². The first kappa shape index (κ1) is 12.5. The fourth-order valence-corrected chi connectivity index (χ4v) is 2.55. The number of rotatable bonds is 6. The molecular weight excluding hydrogens is 238 g/mol. The van der Waals surface area contributed by atoms with Gasteiger partial charge in [-0.05, 0) is 30.4 Å². The first-order valence-electron chi connectivity index (χ1n) is 7.17. The van der Waals surface area contributed by atoms with Crippen LogP contribution in [0.15, 0.2) is 18.2 Å². The van der Waals surface area contributed by atoms with E-state index in [-0.39, 0.29) is 5.91 Å². The number of fused-ring (bicyclic) bond motifs is 1. The predicted molar refractivity (Wildman–Crippen MR) is 76.1 cm³/mol. The molecule has 0 saturated heterocycles. The highest BCUT2D eigenvalue weighted by Gasteiger charge is 2.28. The van der Waals surface area contributed by atoms with E-state index in [4.69, 9.17) is 0 Å². The second kappa shape index (κ2) is 5.61. The molecule has 4 nitrogen and oxygen atoms in total. The number of hydrogen-bond donors (Lipinski definition) is 3. The number of anilines is 1. The van der Waals surface area contributed by atoms with Crippen molar-refractivity contribution in [3.05, 3.63) is 29.3 Å². The maximum absolute atomic E-state index is 11.4. The first-order valence-corrected chi connectivity index (χ1v) is 7.17. The zero-order chi connectivity index (χ0) is 13.1. The Morgan fingerprint density at radius 2 is 2.21 bits per heavy atom. The van der Waals surface area contributed by atoms with Crippen LogP contribution in [0.5, 0.6) is 0 Å². The first-order chi connectivity index (χ1) is 9.34. The van der Waals surface area contributed by atoms with Crippen LogP contribution in [0.4, 0.5) is 5.69 Å². The lowest BCUT2D eigenvalue weighted by molar-refractivity contribution is -0.122. The monoisotopic (exact) mass is 259 g/mol. The van der Waals surface area contributed by atoms with Crippen molar-refractivity contribution in [2.75, 3.05) is 25.0 Å². The Bertz CT molecular complexity index is 468. The molecule has 1 heterocycles. The van der Waals surface area contributed by atoms with Crippen molar-refractivity contribution in [3.8, 4) is 0 Å². The lowest BCUT2D eigenvalue weighted by atomic mass is 10.1. The van der Waals surface area contributed by atoms with Crippen LogP contribution >= 0.6 is 0 Å². The fraction of sp³-hybridized carbons (Fsp3) is 0.533. The third kappa shape index (κ3) is 3.07. The molecule has 1 aromatic rings. The Morgan fingerprint density at radius 3 is 3.05 bits per heavy atom. The lowest BCUT2D eigenvalue weighted by Crippen LogP contribution is -2.32. The Balaban J connectivity index is 1.40. The Labute approximate surface area is 114 Å². The third-order valence-corrected chi connectivity index (χ3v) is 3.80. The standard InChI is InChI=1S/C15H21N3O/c19-15(12-4-5-12)18-9-8-16-10-13-3-1-2-11-6-7-17-14(11)13/h1-3,12,16-17H,4-10H2,(H,18,19). The van der Waals surface area contributed by atoms with E-state index in [2.05, 4.69) is 34.1 Å². The minimum atomic E-state index is 0.226. The molecule has 2 aliphatic rings. The molecule has 0 bridgehead atoms. The predicted octanol–water partition coefficient (Wildman–Crippen LogP) is 1.27. The second-order valence-electron chi connectivity index (χ2n) is 5.37. The Morgan fingerprint density at radius 1 is 1.32 bits per heavy atom. The molecule has 1 aliphatic heterocycles. The molecule has 3 rings (SSSR count). The second-order valence-corrected chi connectivity index (χ2v) is 5.37. The van der Waals surface area contributed by atoms with Crippen LogP contribution in [0.2, 0.25) is 0 Å². The third-order valence-electron chi connectivity index (χ3n) is 3.80. The molecule has 102 valence electrons. The van der Waals surface area contributed by atoms with E-state index in [1.807, 2.05) is 0 Å². The molecule has 1 amide bonds. The van der Waals surface area contributed by atoms with E-state index < -0.39 is 0 Å². The van der Waals surface area contributed by atoms with Crippen LogP contribution in [-0.2, 0) is 17.8 Å². The molecule has 0 spiro atoms. The largest absolute Gasteiger partial charge is 0.384 e. The number of amides is 1. The van der Waals surface area contributed by atoms with Crippen molar-refractivity contribution in [2.45, 2.75) is 25.8 Å². The summed E-state index contributed by atoms with van der Waals surface area (Å²) in [6, 6.07) is 6.47. The number of benzene rings is 1. The van der Waals surface area contributed by atoms with Crippen LogP contribution in [-0.4, -0.2) is 25.5 Å². The number of carbonyl (C=O) groups is 1. The summed E-state index contributed by atoms with van der Waals surface area (Å²) in [6.45, 7) is 3.44. The van der Waals surface area contributed by atoms with Gasteiger partial charge in [0.25, 0.3) is 0 Å². The Kier molecular flexibility index (Phi) is 3.69. The highest BCUT2D eigenvalue weighted by molar-refractivity contribution is 5.80. The van der Waals surface area contributed by atoms with Gasteiger partial charge >= 0.3 is 0 Å². The number of nitrogens with one attached hydrogen (secondary N) is 3. The normalized spacial score (nSPS) is 16.8. The minimum Gasteiger partial charge on any atom is -0.384 e. The van der Waals surface area contributed by atoms with Gasteiger partial charge in [0.1, 0.15) is 0 Å². The zero-order valence-corrected chi connectivity index (χ0v) is 11.2.